The molecule has 16 heavy (non-hydrogen) atoms. The van der Waals surface area contributed by atoms with Gasteiger partial charge in [-0.2, -0.15) is 0 Å². The quantitative estimate of drug-likeness (QED) is 0.615. The predicted octanol–water partition coefficient (Wildman–Crippen LogP) is 1.22. The Morgan fingerprint density at radius 2 is 1.88 bits per heavy atom. The summed E-state index contributed by atoms with van der Waals surface area (Å²) in [6.07, 6.45) is 3.22. The van der Waals surface area contributed by atoms with Crippen molar-refractivity contribution in [2.24, 2.45) is 35.5 Å². The zero-order valence-corrected chi connectivity index (χ0v) is 9.22. The number of carbonyl (C=O) groups is 1. The number of Topliss-reactive ketones (excluding diaryl/α,β-unsaturated/α-hetero) is 1. The molecular formula is C13H16O3. The number of hydrogen-bond donors (Lipinski definition) is 0. The molecule has 1 spiro atoms. The van der Waals surface area contributed by atoms with E-state index in [-0.39, 0.29) is 5.79 Å². The first-order valence-electron chi connectivity index (χ1n) is 6.61. The van der Waals surface area contributed by atoms with Gasteiger partial charge in [-0.05, 0) is 30.1 Å². The lowest BCUT2D eigenvalue weighted by Crippen LogP contribution is -2.40. The molecule has 0 N–H and O–H groups in total. The Labute approximate surface area is 94.5 Å². The molecule has 3 nitrogen and oxygen atoms in total. The van der Waals surface area contributed by atoms with Gasteiger partial charge in [0.2, 0.25) is 0 Å². The van der Waals surface area contributed by atoms with Gasteiger partial charge >= 0.3 is 0 Å². The van der Waals surface area contributed by atoms with Crippen molar-refractivity contribution in [1.82, 2.24) is 0 Å². The highest BCUT2D eigenvalue weighted by molar-refractivity contribution is 5.86. The van der Waals surface area contributed by atoms with Crippen LogP contribution in [-0.4, -0.2) is 24.8 Å². The van der Waals surface area contributed by atoms with Gasteiger partial charge in [0, 0.05) is 24.7 Å². The molecule has 0 aromatic heterocycles. The summed E-state index contributed by atoms with van der Waals surface area (Å²) in [7, 11) is 0. The molecule has 6 atom stereocenters. The molecule has 5 rings (SSSR count). The molecule has 1 saturated heterocycles. The van der Waals surface area contributed by atoms with Crippen LogP contribution in [0.3, 0.4) is 0 Å². The van der Waals surface area contributed by atoms with Crippen LogP contribution >= 0.6 is 0 Å². The predicted molar refractivity (Wildman–Crippen MR) is 54.4 cm³/mol. The topological polar surface area (TPSA) is 35.5 Å². The summed E-state index contributed by atoms with van der Waals surface area (Å²) in [5.41, 5.74) is 0. The normalized spacial score (nSPS) is 59.4. The van der Waals surface area contributed by atoms with E-state index >= 15 is 0 Å². The average molecular weight is 220 g/mol. The van der Waals surface area contributed by atoms with E-state index in [1.54, 1.807) is 0 Å². The van der Waals surface area contributed by atoms with E-state index in [0.29, 0.717) is 29.5 Å². The van der Waals surface area contributed by atoms with Crippen LogP contribution < -0.4 is 0 Å². The van der Waals surface area contributed by atoms with Crippen molar-refractivity contribution >= 4 is 5.78 Å². The molecular weight excluding hydrogens is 204 g/mol. The van der Waals surface area contributed by atoms with Gasteiger partial charge in [0.05, 0.1) is 13.2 Å². The van der Waals surface area contributed by atoms with Crippen LogP contribution in [0.2, 0.25) is 0 Å². The van der Waals surface area contributed by atoms with E-state index in [1.807, 2.05) is 0 Å². The maximum atomic E-state index is 12.1. The fraction of sp³-hybridized carbons (Fsp3) is 0.923. The van der Waals surface area contributed by atoms with Gasteiger partial charge in [-0.15, -0.1) is 0 Å². The highest BCUT2D eigenvalue weighted by atomic mass is 16.7. The van der Waals surface area contributed by atoms with Crippen LogP contribution in [0.15, 0.2) is 0 Å². The molecule has 5 aliphatic rings. The van der Waals surface area contributed by atoms with Crippen molar-refractivity contribution in [1.29, 1.82) is 0 Å². The summed E-state index contributed by atoms with van der Waals surface area (Å²) in [5, 5.41) is 0. The van der Waals surface area contributed by atoms with Gasteiger partial charge in [-0.25, -0.2) is 0 Å². The Kier molecular flexibility index (Phi) is 1.29. The standard InChI is InChI=1S/C13H16O3/c14-10-4-6-7-3-8-9(6)5-13(12(8)11(7)10)15-1-2-16-13/h6-9,11-12H,1-5H2/t6-,7-,8+,9-,11+,12+/m0/s1. The summed E-state index contributed by atoms with van der Waals surface area (Å²) >= 11 is 0. The van der Waals surface area contributed by atoms with Gasteiger partial charge in [-0.1, -0.05) is 0 Å². The minimum absolute atomic E-state index is 0.298. The summed E-state index contributed by atoms with van der Waals surface area (Å²) < 4.78 is 11.9. The van der Waals surface area contributed by atoms with Crippen molar-refractivity contribution < 1.29 is 14.3 Å². The Bertz CT molecular complexity index is 385. The lowest BCUT2D eigenvalue weighted by molar-refractivity contribution is -0.193. The van der Waals surface area contributed by atoms with Gasteiger partial charge < -0.3 is 9.47 Å². The Morgan fingerprint density at radius 1 is 1.06 bits per heavy atom. The molecule has 0 amide bonds. The second kappa shape index (κ2) is 2.39. The van der Waals surface area contributed by atoms with Crippen LogP contribution in [0.5, 0.6) is 0 Å². The second-order valence-electron chi connectivity index (χ2n) is 6.33. The smallest absolute Gasteiger partial charge is 0.172 e. The van der Waals surface area contributed by atoms with E-state index in [9.17, 15) is 4.79 Å². The molecule has 1 heterocycles. The number of ketones is 1. The first-order chi connectivity index (χ1) is 7.80. The SMILES string of the molecule is O=C1C[C@@H]2[C@@H]3CC4(OCCO4)[C@@H]4[C@@H]3C[C@@H]2[C@H]14. The lowest BCUT2D eigenvalue weighted by Gasteiger charge is -2.32. The molecule has 3 heteroatoms. The number of hydrogen-bond acceptors (Lipinski definition) is 3. The van der Waals surface area contributed by atoms with Crippen LogP contribution in [-0.2, 0) is 14.3 Å². The van der Waals surface area contributed by atoms with Crippen LogP contribution in [0.4, 0.5) is 0 Å². The van der Waals surface area contributed by atoms with E-state index < -0.39 is 0 Å². The van der Waals surface area contributed by atoms with Gasteiger partial charge in [-0.3, -0.25) is 4.79 Å². The van der Waals surface area contributed by atoms with E-state index in [1.165, 1.54) is 6.42 Å². The zero-order valence-electron chi connectivity index (χ0n) is 9.22. The highest BCUT2D eigenvalue weighted by Gasteiger charge is 2.75. The monoisotopic (exact) mass is 220 g/mol. The molecule has 4 aliphatic carbocycles. The first-order valence-corrected chi connectivity index (χ1v) is 6.61. The first kappa shape index (κ1) is 8.65. The molecule has 0 unspecified atom stereocenters. The third-order valence-electron chi connectivity index (χ3n) is 6.12. The number of ether oxygens (including phenoxy) is 2. The van der Waals surface area contributed by atoms with E-state index in [0.717, 1.165) is 37.9 Å². The Balaban J connectivity index is 1.68. The Morgan fingerprint density at radius 3 is 2.69 bits per heavy atom. The summed E-state index contributed by atoms with van der Waals surface area (Å²) in [4.78, 5) is 12.1. The lowest BCUT2D eigenvalue weighted by atomic mass is 9.79. The number of rotatable bonds is 0. The van der Waals surface area contributed by atoms with E-state index in [4.69, 9.17) is 9.47 Å². The third-order valence-corrected chi connectivity index (χ3v) is 6.12. The van der Waals surface area contributed by atoms with Crippen LogP contribution in [0.25, 0.3) is 0 Å². The Hall–Kier alpha value is -0.410. The van der Waals surface area contributed by atoms with Crippen molar-refractivity contribution in [2.75, 3.05) is 13.2 Å². The molecule has 0 aromatic rings. The fourth-order valence-electron chi connectivity index (χ4n) is 5.92. The number of fused-ring (bicyclic) bond motifs is 3. The molecule has 1 aliphatic heterocycles. The van der Waals surface area contributed by atoms with Crippen LogP contribution in [0, 0.1) is 35.5 Å². The van der Waals surface area contributed by atoms with Crippen molar-refractivity contribution in [3.05, 3.63) is 0 Å². The largest absolute Gasteiger partial charge is 0.347 e. The fourth-order valence-corrected chi connectivity index (χ4v) is 5.92. The highest BCUT2D eigenvalue weighted by Crippen LogP contribution is 2.73. The maximum Gasteiger partial charge on any atom is 0.172 e. The van der Waals surface area contributed by atoms with E-state index in [2.05, 4.69) is 0 Å². The summed E-state index contributed by atoms with van der Waals surface area (Å²) in [6, 6.07) is 0. The van der Waals surface area contributed by atoms with Crippen molar-refractivity contribution in [3.8, 4) is 0 Å². The summed E-state index contributed by atoms with van der Waals surface area (Å²) in [6.45, 7) is 1.46. The van der Waals surface area contributed by atoms with Crippen molar-refractivity contribution in [3.63, 3.8) is 0 Å². The zero-order chi connectivity index (χ0) is 10.5. The van der Waals surface area contributed by atoms with Crippen molar-refractivity contribution in [2.45, 2.75) is 25.0 Å². The number of carbonyl (C=O) groups excluding carboxylic acids is 1. The van der Waals surface area contributed by atoms with Gasteiger partial charge in [0.15, 0.2) is 5.79 Å². The minimum Gasteiger partial charge on any atom is -0.347 e. The average Bonchev–Trinajstić information content (AvgIpc) is 2.94. The third kappa shape index (κ3) is 0.697. The molecule has 86 valence electrons. The molecule has 0 aromatic carbocycles. The minimum atomic E-state index is -0.334. The van der Waals surface area contributed by atoms with Gasteiger partial charge in [0.25, 0.3) is 0 Å². The van der Waals surface area contributed by atoms with Gasteiger partial charge in [0.1, 0.15) is 5.78 Å². The molecule has 4 saturated carbocycles. The molecule has 5 fully saturated rings. The molecule has 2 bridgehead atoms. The maximum absolute atomic E-state index is 12.1. The van der Waals surface area contributed by atoms with Crippen LogP contribution in [0.1, 0.15) is 19.3 Å². The molecule has 0 radical (unpaired) electrons. The summed E-state index contributed by atoms with van der Waals surface area (Å²) in [5.74, 6) is 3.75. The second-order valence-corrected chi connectivity index (χ2v) is 6.33.